The number of phenolic OH excluding ortho intramolecular Hbond substituents is 1. The number of ether oxygens (including phenoxy) is 2. The van der Waals surface area contributed by atoms with E-state index in [2.05, 4.69) is 16.6 Å². The molecule has 0 radical (unpaired) electrons. The molecule has 0 saturated heterocycles. The van der Waals surface area contributed by atoms with Gasteiger partial charge in [-0.05, 0) is 6.07 Å². The monoisotopic (exact) mass is 248 g/mol. The number of phenols is 1. The van der Waals surface area contributed by atoms with Crippen molar-refractivity contribution in [2.45, 2.75) is 6.42 Å². The van der Waals surface area contributed by atoms with Crippen molar-refractivity contribution in [3.63, 3.8) is 0 Å². The Morgan fingerprint density at radius 1 is 1.44 bits per heavy atom. The average molecular weight is 248 g/mol. The van der Waals surface area contributed by atoms with Crippen LogP contribution in [0.5, 0.6) is 11.5 Å². The number of methoxy groups -OCH3 is 2. The number of carbonyl (C=O) groups excluding carboxylic acids is 2. The lowest BCUT2D eigenvalue weighted by molar-refractivity contribution is -0.139. The van der Waals surface area contributed by atoms with Gasteiger partial charge in [-0.15, -0.1) is 0 Å². The summed E-state index contributed by atoms with van der Waals surface area (Å²) >= 11 is 0. The van der Waals surface area contributed by atoms with Crippen molar-refractivity contribution in [1.82, 2.24) is 0 Å². The van der Waals surface area contributed by atoms with E-state index in [1.807, 2.05) is 0 Å². The highest BCUT2D eigenvalue weighted by Crippen LogP contribution is 2.28. The van der Waals surface area contributed by atoms with Gasteiger partial charge in [0.2, 0.25) is 0 Å². The fraction of sp³-hybridized carbons (Fsp3) is 0.231. The van der Waals surface area contributed by atoms with Crippen LogP contribution in [-0.2, 0) is 9.53 Å². The summed E-state index contributed by atoms with van der Waals surface area (Å²) in [5.74, 6) is 4.79. The zero-order valence-corrected chi connectivity index (χ0v) is 10.0. The van der Waals surface area contributed by atoms with E-state index in [9.17, 15) is 14.7 Å². The van der Waals surface area contributed by atoms with Gasteiger partial charge in [0.05, 0.1) is 14.2 Å². The lowest BCUT2D eigenvalue weighted by Gasteiger charge is -2.05. The van der Waals surface area contributed by atoms with Gasteiger partial charge in [-0.2, -0.15) is 0 Å². The quantitative estimate of drug-likeness (QED) is 0.493. The van der Waals surface area contributed by atoms with Crippen LogP contribution in [0, 0.1) is 11.8 Å². The molecule has 0 unspecified atom stereocenters. The number of hydrogen-bond donors (Lipinski definition) is 1. The number of benzene rings is 1. The van der Waals surface area contributed by atoms with Gasteiger partial charge >= 0.3 is 5.97 Å². The van der Waals surface area contributed by atoms with E-state index in [1.165, 1.54) is 26.4 Å². The van der Waals surface area contributed by atoms with Crippen molar-refractivity contribution in [1.29, 1.82) is 0 Å². The van der Waals surface area contributed by atoms with Crippen molar-refractivity contribution < 1.29 is 24.2 Å². The topological polar surface area (TPSA) is 72.8 Å². The Morgan fingerprint density at radius 3 is 2.72 bits per heavy atom. The Kier molecular flexibility index (Phi) is 4.76. The molecule has 0 aliphatic carbocycles. The molecule has 94 valence electrons. The van der Waals surface area contributed by atoms with Crippen molar-refractivity contribution >= 4 is 12.3 Å². The minimum atomic E-state index is -0.465. The normalized spacial score (nSPS) is 9.00. The molecular formula is C13H12O5. The van der Waals surface area contributed by atoms with E-state index in [-0.39, 0.29) is 23.5 Å². The van der Waals surface area contributed by atoms with Crippen molar-refractivity contribution in [3.8, 4) is 23.3 Å². The smallest absolute Gasteiger partial charge is 0.317 e. The lowest BCUT2D eigenvalue weighted by atomic mass is 10.1. The summed E-state index contributed by atoms with van der Waals surface area (Å²) in [6.07, 6.45) is 0.520. The first-order valence-electron chi connectivity index (χ1n) is 5.04. The molecule has 0 aliphatic heterocycles. The molecule has 1 rings (SSSR count). The third-order valence-electron chi connectivity index (χ3n) is 2.16. The maximum absolute atomic E-state index is 10.9. The molecule has 1 aromatic rings. The van der Waals surface area contributed by atoms with Crippen molar-refractivity contribution in [3.05, 3.63) is 23.3 Å². The van der Waals surface area contributed by atoms with Crippen LogP contribution in [0.1, 0.15) is 22.3 Å². The molecule has 1 N–H and O–H groups in total. The summed E-state index contributed by atoms with van der Waals surface area (Å²) in [6.45, 7) is 0. The molecule has 0 atom stereocenters. The van der Waals surface area contributed by atoms with Crippen LogP contribution in [0.4, 0.5) is 0 Å². The first kappa shape index (κ1) is 13.6. The largest absolute Gasteiger partial charge is 0.504 e. The second-order valence-electron chi connectivity index (χ2n) is 3.28. The van der Waals surface area contributed by atoms with Gasteiger partial charge in [0.1, 0.15) is 6.42 Å². The van der Waals surface area contributed by atoms with E-state index in [0.717, 1.165) is 0 Å². The second-order valence-corrected chi connectivity index (χ2v) is 3.28. The molecule has 5 heteroatoms. The fourth-order valence-corrected chi connectivity index (χ4v) is 1.24. The van der Waals surface area contributed by atoms with Gasteiger partial charge in [0.25, 0.3) is 0 Å². The standard InChI is InChI=1S/C13H12O5/c1-17-12-7-10(8-14)9(6-11(12)15)4-3-5-13(16)18-2/h6-8,15H,5H2,1-2H3. The van der Waals surface area contributed by atoms with E-state index in [4.69, 9.17) is 4.74 Å². The Balaban J connectivity index is 3.05. The maximum Gasteiger partial charge on any atom is 0.317 e. The van der Waals surface area contributed by atoms with Crippen LogP contribution < -0.4 is 4.74 Å². The number of aldehydes is 1. The van der Waals surface area contributed by atoms with Crippen molar-refractivity contribution in [2.75, 3.05) is 14.2 Å². The minimum Gasteiger partial charge on any atom is -0.504 e. The number of aromatic hydroxyl groups is 1. The van der Waals surface area contributed by atoms with E-state index < -0.39 is 5.97 Å². The van der Waals surface area contributed by atoms with Gasteiger partial charge in [0.15, 0.2) is 17.8 Å². The number of carbonyl (C=O) groups is 2. The fourth-order valence-electron chi connectivity index (χ4n) is 1.24. The first-order valence-corrected chi connectivity index (χ1v) is 5.04. The van der Waals surface area contributed by atoms with Crippen LogP contribution in [0.2, 0.25) is 0 Å². The summed E-state index contributed by atoms with van der Waals surface area (Å²) in [7, 11) is 2.65. The van der Waals surface area contributed by atoms with Gasteiger partial charge in [-0.3, -0.25) is 9.59 Å². The predicted octanol–water partition coefficient (Wildman–Crippen LogP) is 1.13. The molecule has 0 aromatic heterocycles. The highest BCUT2D eigenvalue weighted by Gasteiger charge is 2.07. The number of esters is 1. The predicted molar refractivity (Wildman–Crippen MR) is 63.6 cm³/mol. The van der Waals surface area contributed by atoms with Gasteiger partial charge in [-0.25, -0.2) is 0 Å². The molecule has 0 spiro atoms. The summed E-state index contributed by atoms with van der Waals surface area (Å²) < 4.78 is 9.30. The van der Waals surface area contributed by atoms with Crippen LogP contribution in [-0.4, -0.2) is 31.6 Å². The zero-order chi connectivity index (χ0) is 13.5. The molecule has 0 amide bonds. The average Bonchev–Trinajstić information content (AvgIpc) is 2.38. The van der Waals surface area contributed by atoms with E-state index in [0.29, 0.717) is 11.8 Å². The van der Waals surface area contributed by atoms with E-state index in [1.54, 1.807) is 0 Å². The van der Waals surface area contributed by atoms with Crippen LogP contribution >= 0.6 is 0 Å². The number of rotatable bonds is 3. The SMILES string of the molecule is COC(=O)CC#Cc1cc(O)c(OC)cc1C=O. The van der Waals surface area contributed by atoms with Gasteiger partial charge in [0, 0.05) is 17.2 Å². The van der Waals surface area contributed by atoms with Crippen LogP contribution in [0.15, 0.2) is 12.1 Å². The van der Waals surface area contributed by atoms with Crippen LogP contribution in [0.3, 0.4) is 0 Å². The van der Waals surface area contributed by atoms with Gasteiger partial charge < -0.3 is 14.6 Å². The Morgan fingerprint density at radius 2 is 2.17 bits per heavy atom. The Bertz CT molecular complexity index is 522. The summed E-state index contributed by atoms with van der Waals surface area (Å²) in [4.78, 5) is 21.7. The van der Waals surface area contributed by atoms with Gasteiger partial charge in [-0.1, -0.05) is 11.8 Å². The maximum atomic E-state index is 10.9. The van der Waals surface area contributed by atoms with Crippen LogP contribution in [0.25, 0.3) is 0 Å². The molecule has 5 nitrogen and oxygen atoms in total. The third-order valence-corrected chi connectivity index (χ3v) is 2.16. The molecule has 0 bridgehead atoms. The lowest BCUT2D eigenvalue weighted by Crippen LogP contribution is -1.97. The highest BCUT2D eigenvalue weighted by atomic mass is 16.5. The highest BCUT2D eigenvalue weighted by molar-refractivity contribution is 5.81. The Hall–Kier alpha value is -2.48. The first-order chi connectivity index (χ1) is 8.62. The summed E-state index contributed by atoms with van der Waals surface area (Å²) in [6, 6.07) is 2.69. The molecule has 1 aromatic carbocycles. The third kappa shape index (κ3) is 3.25. The molecular weight excluding hydrogens is 236 g/mol. The van der Waals surface area contributed by atoms with Crippen molar-refractivity contribution in [2.24, 2.45) is 0 Å². The molecule has 0 saturated carbocycles. The Labute approximate surface area is 104 Å². The molecule has 0 fully saturated rings. The zero-order valence-electron chi connectivity index (χ0n) is 10.0. The number of hydrogen-bond acceptors (Lipinski definition) is 5. The molecule has 18 heavy (non-hydrogen) atoms. The summed E-state index contributed by atoms with van der Waals surface area (Å²) in [5, 5.41) is 9.57. The minimum absolute atomic E-state index is 0.0818. The summed E-state index contributed by atoms with van der Waals surface area (Å²) in [5.41, 5.74) is 0.606. The second kappa shape index (κ2) is 6.30. The molecule has 0 heterocycles. The molecule has 0 aliphatic rings. The van der Waals surface area contributed by atoms with E-state index >= 15 is 0 Å².